The number of rotatable bonds is 4. The number of carboxylic acid groups (broad SMARTS) is 1. The molecule has 21 heavy (non-hydrogen) atoms. The van der Waals surface area contributed by atoms with E-state index in [1.54, 1.807) is 0 Å². The molecule has 9 heteroatoms. The second kappa shape index (κ2) is 5.70. The van der Waals surface area contributed by atoms with E-state index in [0.717, 1.165) is 6.26 Å². The summed E-state index contributed by atoms with van der Waals surface area (Å²) in [4.78, 5) is 10.2. The summed E-state index contributed by atoms with van der Waals surface area (Å²) in [7, 11) is -2.20. The number of benzene rings is 1. The first-order chi connectivity index (χ1) is 9.45. The van der Waals surface area contributed by atoms with Gasteiger partial charge in [-0.1, -0.05) is 13.0 Å². The van der Waals surface area contributed by atoms with Gasteiger partial charge in [0.05, 0.1) is 21.3 Å². The van der Waals surface area contributed by atoms with Gasteiger partial charge in [0.1, 0.15) is 0 Å². The second-order valence-corrected chi connectivity index (χ2v) is 5.47. The number of hydrogen-bond acceptors (Lipinski definition) is 2. The molecule has 0 aliphatic rings. The molecule has 0 heterocycles. The first-order valence-corrected chi connectivity index (χ1v) is 7.18. The maximum absolute atomic E-state index is 13.5. The topological polar surface area (TPSA) is 54.4 Å². The Bertz CT molecular complexity index is 595. The van der Waals surface area contributed by atoms with Crippen LogP contribution in [0, 0.1) is 0 Å². The van der Waals surface area contributed by atoms with Crippen molar-refractivity contribution >= 4 is 16.8 Å². The SMILES string of the molecule is CCc1c(C(=O)O)ccc(C(F)(F)C(F)(F)F)c1[S@@](C)=O. The van der Waals surface area contributed by atoms with E-state index in [9.17, 15) is 31.0 Å². The van der Waals surface area contributed by atoms with E-state index in [-0.39, 0.29) is 12.0 Å². The van der Waals surface area contributed by atoms with Crippen LogP contribution in [0.1, 0.15) is 28.4 Å². The van der Waals surface area contributed by atoms with Crippen LogP contribution < -0.4 is 0 Å². The summed E-state index contributed by atoms with van der Waals surface area (Å²) in [6, 6.07) is 1.04. The van der Waals surface area contributed by atoms with Crippen molar-refractivity contribution in [3.05, 3.63) is 28.8 Å². The molecule has 0 saturated heterocycles. The van der Waals surface area contributed by atoms with Crippen LogP contribution in [-0.2, 0) is 23.1 Å². The van der Waals surface area contributed by atoms with E-state index in [2.05, 4.69) is 0 Å². The first kappa shape index (κ1) is 17.5. The van der Waals surface area contributed by atoms with Gasteiger partial charge in [0.2, 0.25) is 0 Å². The van der Waals surface area contributed by atoms with Crippen LogP contribution in [0.3, 0.4) is 0 Å². The van der Waals surface area contributed by atoms with Crippen LogP contribution >= 0.6 is 0 Å². The third-order valence-corrected chi connectivity index (χ3v) is 3.87. The molecule has 0 amide bonds. The van der Waals surface area contributed by atoms with Gasteiger partial charge in [-0.3, -0.25) is 4.21 Å². The maximum atomic E-state index is 13.5. The molecule has 3 nitrogen and oxygen atoms in total. The molecule has 0 fully saturated rings. The highest BCUT2D eigenvalue weighted by Gasteiger charge is 2.60. The van der Waals surface area contributed by atoms with Crippen LogP contribution in [0.5, 0.6) is 0 Å². The third-order valence-electron chi connectivity index (χ3n) is 2.83. The van der Waals surface area contributed by atoms with Gasteiger partial charge in [0.15, 0.2) is 0 Å². The molecule has 0 radical (unpaired) electrons. The first-order valence-electron chi connectivity index (χ1n) is 5.62. The molecule has 0 bridgehead atoms. The monoisotopic (exact) mass is 330 g/mol. The summed E-state index contributed by atoms with van der Waals surface area (Å²) in [6.07, 6.45) is -5.08. The molecular weight excluding hydrogens is 319 g/mol. The highest BCUT2D eigenvalue weighted by Crippen LogP contribution is 2.46. The number of halogens is 5. The summed E-state index contributed by atoms with van der Waals surface area (Å²) < 4.78 is 76.1. The minimum Gasteiger partial charge on any atom is -0.478 e. The third kappa shape index (κ3) is 3.07. The van der Waals surface area contributed by atoms with Crippen molar-refractivity contribution in [3.8, 4) is 0 Å². The van der Waals surface area contributed by atoms with Gasteiger partial charge >= 0.3 is 18.1 Å². The Morgan fingerprint density at radius 1 is 1.24 bits per heavy atom. The molecule has 1 aromatic rings. The van der Waals surface area contributed by atoms with Crippen molar-refractivity contribution in [1.82, 2.24) is 0 Å². The average Bonchev–Trinajstić information content (AvgIpc) is 2.34. The molecule has 0 spiro atoms. The summed E-state index contributed by atoms with van der Waals surface area (Å²) in [5.41, 5.74) is -2.20. The predicted octanol–water partition coefficient (Wildman–Crippen LogP) is 3.34. The van der Waals surface area contributed by atoms with Crippen LogP contribution in [-0.4, -0.2) is 27.7 Å². The van der Waals surface area contributed by atoms with E-state index in [1.165, 1.54) is 6.92 Å². The van der Waals surface area contributed by atoms with Gasteiger partial charge in [-0.25, -0.2) is 4.79 Å². The summed E-state index contributed by atoms with van der Waals surface area (Å²) in [6.45, 7) is 1.38. The highest BCUT2D eigenvalue weighted by atomic mass is 32.2. The predicted molar refractivity (Wildman–Crippen MR) is 65.1 cm³/mol. The lowest BCUT2D eigenvalue weighted by Gasteiger charge is -2.24. The van der Waals surface area contributed by atoms with Crippen molar-refractivity contribution in [2.75, 3.05) is 6.26 Å². The van der Waals surface area contributed by atoms with E-state index < -0.39 is 44.9 Å². The average molecular weight is 330 g/mol. The zero-order valence-corrected chi connectivity index (χ0v) is 11.7. The van der Waals surface area contributed by atoms with E-state index in [1.807, 2.05) is 0 Å². The Hall–Kier alpha value is -1.51. The lowest BCUT2D eigenvalue weighted by molar-refractivity contribution is -0.290. The lowest BCUT2D eigenvalue weighted by Crippen LogP contribution is -2.35. The molecule has 0 aliphatic carbocycles. The zero-order valence-electron chi connectivity index (χ0n) is 10.9. The van der Waals surface area contributed by atoms with Crippen molar-refractivity contribution in [2.45, 2.75) is 30.3 Å². The van der Waals surface area contributed by atoms with Gasteiger partial charge < -0.3 is 5.11 Å². The minimum atomic E-state index is -5.86. The Kier molecular flexibility index (Phi) is 4.76. The van der Waals surface area contributed by atoms with Crippen LogP contribution in [0.4, 0.5) is 22.0 Å². The van der Waals surface area contributed by atoms with Crippen LogP contribution in [0.2, 0.25) is 0 Å². The smallest absolute Gasteiger partial charge is 0.458 e. The normalized spacial score (nSPS) is 14.0. The molecule has 0 unspecified atom stereocenters. The zero-order chi connectivity index (χ0) is 16.6. The molecule has 1 aromatic carbocycles. The fraction of sp³-hybridized carbons (Fsp3) is 0.417. The fourth-order valence-electron chi connectivity index (χ4n) is 1.91. The number of hydrogen-bond donors (Lipinski definition) is 1. The quantitative estimate of drug-likeness (QED) is 0.862. The number of carbonyl (C=O) groups is 1. The Morgan fingerprint density at radius 3 is 2.10 bits per heavy atom. The standard InChI is InChI=1S/C12H11F5O3S/c1-3-6-7(10(18)19)4-5-8(9(6)21(2)20)11(13,14)12(15,16)17/h4-5H,3H2,1-2H3,(H,18,19)/t21-/m1/s1. The largest absolute Gasteiger partial charge is 0.478 e. The summed E-state index contributed by atoms with van der Waals surface area (Å²) in [5, 5.41) is 8.95. The number of aromatic carboxylic acids is 1. The van der Waals surface area contributed by atoms with Crippen molar-refractivity contribution in [3.63, 3.8) is 0 Å². The summed E-state index contributed by atoms with van der Waals surface area (Å²) >= 11 is 0. The second-order valence-electron chi connectivity index (χ2n) is 4.15. The van der Waals surface area contributed by atoms with Crippen molar-refractivity contribution < 1.29 is 36.1 Å². The Balaban J connectivity index is 3.78. The molecule has 0 saturated carbocycles. The van der Waals surface area contributed by atoms with Gasteiger partial charge in [-0.2, -0.15) is 22.0 Å². The molecule has 0 aromatic heterocycles. The molecular formula is C12H11F5O3S. The minimum absolute atomic E-state index is 0.141. The summed E-state index contributed by atoms with van der Waals surface area (Å²) in [5.74, 6) is -6.70. The van der Waals surface area contributed by atoms with E-state index >= 15 is 0 Å². The van der Waals surface area contributed by atoms with E-state index in [0.29, 0.717) is 12.1 Å². The van der Waals surface area contributed by atoms with E-state index in [4.69, 9.17) is 5.11 Å². The van der Waals surface area contributed by atoms with Gasteiger partial charge in [-0.05, 0) is 18.1 Å². The maximum Gasteiger partial charge on any atom is 0.458 e. The Labute approximate surface area is 119 Å². The molecule has 0 aliphatic heterocycles. The molecule has 118 valence electrons. The number of carboxylic acids is 1. The van der Waals surface area contributed by atoms with Gasteiger partial charge in [0.25, 0.3) is 0 Å². The van der Waals surface area contributed by atoms with Crippen molar-refractivity contribution in [2.24, 2.45) is 0 Å². The van der Waals surface area contributed by atoms with Crippen molar-refractivity contribution in [1.29, 1.82) is 0 Å². The molecule has 1 N–H and O–H groups in total. The number of alkyl halides is 5. The lowest BCUT2D eigenvalue weighted by atomic mass is 9.98. The van der Waals surface area contributed by atoms with Gasteiger partial charge in [-0.15, -0.1) is 0 Å². The Morgan fingerprint density at radius 2 is 1.76 bits per heavy atom. The van der Waals surface area contributed by atoms with Crippen LogP contribution in [0.25, 0.3) is 0 Å². The van der Waals surface area contributed by atoms with Gasteiger partial charge in [0, 0.05) is 11.8 Å². The van der Waals surface area contributed by atoms with Crippen LogP contribution in [0.15, 0.2) is 17.0 Å². The molecule has 1 rings (SSSR count). The highest BCUT2D eigenvalue weighted by molar-refractivity contribution is 7.84. The fourth-order valence-corrected chi connectivity index (χ4v) is 3.01. The molecule has 1 atom stereocenters.